The molecule has 0 aromatic heterocycles. The summed E-state index contributed by atoms with van der Waals surface area (Å²) in [5.41, 5.74) is 1.34. The number of unbranched alkanes of at least 4 members (excludes halogenated alkanes) is 2. The minimum Gasteiger partial charge on any atom is -0.303 e. The van der Waals surface area contributed by atoms with Crippen molar-refractivity contribution in [1.29, 1.82) is 0 Å². The molecule has 0 aliphatic carbocycles. The van der Waals surface area contributed by atoms with Gasteiger partial charge >= 0.3 is 0 Å². The summed E-state index contributed by atoms with van der Waals surface area (Å²) in [4.78, 5) is 0. The Labute approximate surface area is 155 Å². The molecule has 22 heavy (non-hydrogen) atoms. The molecule has 0 bridgehead atoms. The smallest absolute Gasteiger partial charge is 0.144 e. The molecule has 0 aliphatic heterocycles. The van der Waals surface area contributed by atoms with E-state index in [2.05, 4.69) is 54.5 Å². The summed E-state index contributed by atoms with van der Waals surface area (Å²) in [5.74, 6) is 2.95. The van der Waals surface area contributed by atoms with E-state index >= 15 is 0 Å². The van der Waals surface area contributed by atoms with E-state index in [1.165, 1.54) is 44.3 Å². The summed E-state index contributed by atoms with van der Waals surface area (Å²) < 4.78 is 1.55. The van der Waals surface area contributed by atoms with E-state index in [1.54, 1.807) is 0 Å². The first kappa shape index (κ1) is 19.8. The first-order valence-corrected chi connectivity index (χ1v) is 9.88. The second-order valence-electron chi connectivity index (χ2n) is 6.00. The molecule has 1 nitrogen and oxygen atoms in total. The summed E-state index contributed by atoms with van der Waals surface area (Å²) >= 11 is 8.61. The highest BCUT2D eigenvalue weighted by atomic mass is 127. The van der Waals surface area contributed by atoms with E-state index in [9.17, 15) is 0 Å². The average molecular weight is 433 g/mol. The fourth-order valence-electron chi connectivity index (χ4n) is 2.79. The summed E-state index contributed by atoms with van der Waals surface area (Å²) in [6, 6.07) is 8.23. The summed E-state index contributed by atoms with van der Waals surface area (Å²) in [6.45, 7) is 7.71. The Hall–Kier alpha value is -0.240. The summed E-state index contributed by atoms with van der Waals surface area (Å²) in [6.07, 6.45) is 11.7. The third-order valence-corrected chi connectivity index (χ3v) is 6.11. The molecule has 1 rings (SSSR count). The van der Waals surface area contributed by atoms with Crippen molar-refractivity contribution in [3.8, 4) is 12.3 Å². The number of alkyl halides is 1. The SMILES string of the molecule is C#CC[N+](CCCC)(CCCC)C(I)Cc1ccc(Cl)cc1. The van der Waals surface area contributed by atoms with Crippen LogP contribution in [0.2, 0.25) is 5.02 Å². The summed E-state index contributed by atoms with van der Waals surface area (Å²) in [5, 5.41) is 0.801. The first-order chi connectivity index (χ1) is 10.6. The zero-order chi connectivity index (χ0) is 16.4. The normalized spacial score (nSPS) is 12.9. The molecule has 0 N–H and O–H groups in total. The molecule has 0 spiro atoms. The van der Waals surface area contributed by atoms with Crippen molar-refractivity contribution < 1.29 is 4.48 Å². The van der Waals surface area contributed by atoms with Gasteiger partial charge in [-0.2, -0.15) is 0 Å². The van der Waals surface area contributed by atoms with E-state index in [0.29, 0.717) is 4.05 Å². The Balaban J connectivity index is 2.90. The van der Waals surface area contributed by atoms with Crippen LogP contribution in [0.4, 0.5) is 0 Å². The van der Waals surface area contributed by atoms with Crippen LogP contribution in [0.5, 0.6) is 0 Å². The quantitative estimate of drug-likeness (QED) is 0.146. The van der Waals surface area contributed by atoms with Crippen molar-refractivity contribution in [2.45, 2.75) is 50.0 Å². The van der Waals surface area contributed by atoms with Gasteiger partial charge in [0.15, 0.2) is 0 Å². The number of hydrogen-bond donors (Lipinski definition) is 0. The lowest BCUT2D eigenvalue weighted by Crippen LogP contribution is -2.55. The van der Waals surface area contributed by atoms with Gasteiger partial charge in [-0.15, -0.1) is 6.42 Å². The third kappa shape index (κ3) is 6.10. The van der Waals surface area contributed by atoms with E-state index in [-0.39, 0.29) is 0 Å². The van der Waals surface area contributed by atoms with Crippen LogP contribution in [0, 0.1) is 12.3 Å². The molecule has 3 heteroatoms. The molecule has 0 aliphatic rings. The fraction of sp³-hybridized carbons (Fsp3) is 0.579. The number of hydrogen-bond acceptors (Lipinski definition) is 0. The monoisotopic (exact) mass is 432 g/mol. The van der Waals surface area contributed by atoms with Crippen LogP contribution >= 0.6 is 34.2 Å². The zero-order valence-corrected chi connectivity index (χ0v) is 16.7. The zero-order valence-electron chi connectivity index (χ0n) is 13.8. The predicted molar refractivity (Wildman–Crippen MR) is 106 cm³/mol. The number of nitrogens with zero attached hydrogens (tertiary/aromatic N) is 1. The minimum absolute atomic E-state index is 0.507. The molecule has 1 unspecified atom stereocenters. The van der Waals surface area contributed by atoms with E-state index in [4.69, 9.17) is 18.0 Å². The highest BCUT2D eigenvalue weighted by Gasteiger charge is 2.33. The molecule has 0 radical (unpaired) electrons. The maximum atomic E-state index is 5.99. The maximum Gasteiger partial charge on any atom is 0.144 e. The van der Waals surface area contributed by atoms with Crippen molar-refractivity contribution >= 4 is 34.2 Å². The number of quaternary nitrogens is 1. The fourth-order valence-corrected chi connectivity index (χ4v) is 4.17. The number of rotatable bonds is 10. The van der Waals surface area contributed by atoms with Crippen LogP contribution in [0.1, 0.15) is 45.1 Å². The molecule has 1 aromatic rings. The minimum atomic E-state index is 0.507. The van der Waals surface area contributed by atoms with Crippen LogP contribution in [0.25, 0.3) is 0 Å². The highest BCUT2D eigenvalue weighted by Crippen LogP contribution is 2.26. The molecule has 0 fully saturated rings. The molecule has 0 amide bonds. The van der Waals surface area contributed by atoms with Crippen LogP contribution in [-0.2, 0) is 6.42 Å². The second-order valence-corrected chi connectivity index (χ2v) is 7.87. The van der Waals surface area contributed by atoms with Crippen molar-refractivity contribution in [2.75, 3.05) is 19.6 Å². The second kappa shape index (κ2) is 10.5. The Kier molecular flexibility index (Phi) is 9.47. The average Bonchev–Trinajstić information content (AvgIpc) is 2.52. The first-order valence-electron chi connectivity index (χ1n) is 8.25. The van der Waals surface area contributed by atoms with Gasteiger partial charge in [0, 0.05) is 11.4 Å². The molecular formula is C19H28ClIN+. The van der Waals surface area contributed by atoms with Gasteiger partial charge in [-0.1, -0.05) is 50.4 Å². The maximum absolute atomic E-state index is 5.99. The van der Waals surface area contributed by atoms with Crippen LogP contribution in [-0.4, -0.2) is 28.2 Å². The van der Waals surface area contributed by atoms with E-state index < -0.39 is 0 Å². The van der Waals surface area contributed by atoms with Crippen LogP contribution < -0.4 is 0 Å². The van der Waals surface area contributed by atoms with E-state index in [1.807, 2.05) is 12.1 Å². The van der Waals surface area contributed by atoms with Crippen LogP contribution in [0.15, 0.2) is 24.3 Å². The molecule has 122 valence electrons. The van der Waals surface area contributed by atoms with Gasteiger partial charge in [-0.3, -0.25) is 0 Å². The van der Waals surface area contributed by atoms with Gasteiger partial charge in [0.2, 0.25) is 0 Å². The lowest BCUT2D eigenvalue weighted by Gasteiger charge is -2.41. The largest absolute Gasteiger partial charge is 0.303 e. The molecule has 1 atom stereocenters. The highest BCUT2D eigenvalue weighted by molar-refractivity contribution is 14.1. The van der Waals surface area contributed by atoms with Gasteiger partial charge in [0.1, 0.15) is 10.6 Å². The van der Waals surface area contributed by atoms with Gasteiger partial charge < -0.3 is 4.48 Å². The standard InChI is InChI=1S/C19H28ClIN/c1-4-7-14-22(13-6-3,15-8-5-2)19(21)16-17-9-11-18(20)12-10-17/h3,9-12,19H,4-5,7-8,13-16H2,1-2H3/q+1. The van der Waals surface area contributed by atoms with Gasteiger partial charge in [0.25, 0.3) is 0 Å². The Bertz CT molecular complexity index is 455. The van der Waals surface area contributed by atoms with Gasteiger partial charge in [0.05, 0.1) is 13.1 Å². The predicted octanol–water partition coefficient (Wildman–Crippen LogP) is 5.69. The van der Waals surface area contributed by atoms with Gasteiger partial charge in [-0.25, -0.2) is 0 Å². The van der Waals surface area contributed by atoms with Crippen molar-refractivity contribution in [3.05, 3.63) is 34.9 Å². The van der Waals surface area contributed by atoms with E-state index in [0.717, 1.165) is 22.5 Å². The van der Waals surface area contributed by atoms with Crippen molar-refractivity contribution in [2.24, 2.45) is 0 Å². The molecular weight excluding hydrogens is 405 g/mol. The van der Waals surface area contributed by atoms with Crippen molar-refractivity contribution in [3.63, 3.8) is 0 Å². The Morgan fingerprint density at radius 3 is 2.14 bits per heavy atom. The van der Waals surface area contributed by atoms with Gasteiger partial charge in [-0.05, 0) is 59.0 Å². The van der Waals surface area contributed by atoms with Crippen LogP contribution in [0.3, 0.4) is 0 Å². The topological polar surface area (TPSA) is 0 Å². The lowest BCUT2D eigenvalue weighted by molar-refractivity contribution is -0.927. The lowest BCUT2D eigenvalue weighted by atomic mass is 10.1. The molecule has 1 aromatic carbocycles. The third-order valence-electron chi connectivity index (χ3n) is 4.23. The molecule has 0 saturated carbocycles. The molecule has 0 saturated heterocycles. The Morgan fingerprint density at radius 1 is 1.14 bits per heavy atom. The molecule has 0 heterocycles. The number of benzene rings is 1. The number of halogens is 2. The Morgan fingerprint density at radius 2 is 1.68 bits per heavy atom. The summed E-state index contributed by atoms with van der Waals surface area (Å²) in [7, 11) is 0. The van der Waals surface area contributed by atoms with Crippen molar-refractivity contribution in [1.82, 2.24) is 0 Å². The number of terminal acetylenes is 1.